The molecule has 4 heteroatoms. The first-order valence-electron chi connectivity index (χ1n) is 6.89. The van der Waals surface area contributed by atoms with Crippen LogP contribution in [0.25, 0.3) is 10.9 Å². The van der Waals surface area contributed by atoms with Gasteiger partial charge in [-0.25, -0.2) is 14.4 Å². The van der Waals surface area contributed by atoms with Gasteiger partial charge in [0.2, 0.25) is 0 Å². The summed E-state index contributed by atoms with van der Waals surface area (Å²) < 4.78 is 13.4. The molecule has 1 aliphatic carbocycles. The van der Waals surface area contributed by atoms with E-state index >= 15 is 0 Å². The SMILES string of the molecule is CN(c1ncnc2ccc(F)cc12)C1CCCCC1. The number of hydrogen-bond donors (Lipinski definition) is 0. The van der Waals surface area contributed by atoms with E-state index in [-0.39, 0.29) is 5.82 Å². The van der Waals surface area contributed by atoms with Gasteiger partial charge in [0.05, 0.1) is 5.52 Å². The highest BCUT2D eigenvalue weighted by Gasteiger charge is 2.20. The van der Waals surface area contributed by atoms with Crippen LogP contribution in [-0.4, -0.2) is 23.1 Å². The molecule has 0 unspecified atom stereocenters. The maximum absolute atomic E-state index is 13.4. The van der Waals surface area contributed by atoms with Gasteiger partial charge in [-0.1, -0.05) is 19.3 Å². The van der Waals surface area contributed by atoms with E-state index in [4.69, 9.17) is 0 Å². The fraction of sp³-hybridized carbons (Fsp3) is 0.467. The second-order valence-corrected chi connectivity index (χ2v) is 5.26. The number of fused-ring (bicyclic) bond motifs is 1. The van der Waals surface area contributed by atoms with Crippen LogP contribution < -0.4 is 4.90 Å². The Labute approximate surface area is 112 Å². The van der Waals surface area contributed by atoms with Crippen LogP contribution in [0.1, 0.15) is 32.1 Å². The predicted molar refractivity (Wildman–Crippen MR) is 74.8 cm³/mol. The fourth-order valence-electron chi connectivity index (χ4n) is 2.94. The molecule has 0 saturated heterocycles. The minimum atomic E-state index is -0.236. The van der Waals surface area contributed by atoms with Gasteiger partial charge in [-0.05, 0) is 31.0 Å². The van der Waals surface area contributed by atoms with Gasteiger partial charge < -0.3 is 4.90 Å². The summed E-state index contributed by atoms with van der Waals surface area (Å²) in [7, 11) is 2.06. The summed E-state index contributed by atoms with van der Waals surface area (Å²) in [5.41, 5.74) is 0.800. The topological polar surface area (TPSA) is 29.0 Å². The van der Waals surface area contributed by atoms with E-state index in [1.54, 1.807) is 12.4 Å². The van der Waals surface area contributed by atoms with Crippen LogP contribution in [0, 0.1) is 5.82 Å². The van der Waals surface area contributed by atoms with Gasteiger partial charge in [0.25, 0.3) is 0 Å². The second kappa shape index (κ2) is 5.11. The number of halogens is 1. The lowest BCUT2D eigenvalue weighted by molar-refractivity contribution is 0.426. The van der Waals surface area contributed by atoms with E-state index in [1.807, 2.05) is 0 Å². The van der Waals surface area contributed by atoms with Crippen LogP contribution in [0.4, 0.5) is 10.2 Å². The van der Waals surface area contributed by atoms with Crippen molar-refractivity contribution in [2.75, 3.05) is 11.9 Å². The Morgan fingerprint density at radius 1 is 1.16 bits per heavy atom. The van der Waals surface area contributed by atoms with Crippen molar-refractivity contribution in [3.8, 4) is 0 Å². The molecule has 1 aromatic carbocycles. The lowest BCUT2D eigenvalue weighted by Crippen LogP contribution is -2.34. The third-order valence-corrected chi connectivity index (χ3v) is 4.03. The maximum Gasteiger partial charge on any atom is 0.139 e. The summed E-state index contributed by atoms with van der Waals surface area (Å²) in [5, 5.41) is 0.801. The molecule has 0 amide bonds. The number of benzene rings is 1. The van der Waals surface area contributed by atoms with Crippen molar-refractivity contribution in [2.45, 2.75) is 38.1 Å². The molecule has 1 aromatic heterocycles. The Morgan fingerprint density at radius 3 is 2.74 bits per heavy atom. The van der Waals surface area contributed by atoms with Crippen LogP contribution >= 0.6 is 0 Å². The average molecular weight is 259 g/mol. The molecule has 0 aliphatic heterocycles. The number of aromatic nitrogens is 2. The smallest absolute Gasteiger partial charge is 0.139 e. The molecule has 0 spiro atoms. The van der Waals surface area contributed by atoms with E-state index in [9.17, 15) is 4.39 Å². The first-order chi connectivity index (χ1) is 9.25. The van der Waals surface area contributed by atoms with Gasteiger partial charge in [-0.15, -0.1) is 0 Å². The molecule has 0 atom stereocenters. The maximum atomic E-state index is 13.4. The largest absolute Gasteiger partial charge is 0.356 e. The molecule has 100 valence electrons. The summed E-state index contributed by atoms with van der Waals surface area (Å²) in [5.74, 6) is 0.608. The zero-order valence-electron chi connectivity index (χ0n) is 11.1. The zero-order valence-corrected chi connectivity index (χ0v) is 11.1. The Morgan fingerprint density at radius 2 is 1.95 bits per heavy atom. The highest BCUT2D eigenvalue weighted by atomic mass is 19.1. The first kappa shape index (κ1) is 12.3. The van der Waals surface area contributed by atoms with E-state index in [1.165, 1.54) is 44.2 Å². The molecule has 3 rings (SSSR count). The monoisotopic (exact) mass is 259 g/mol. The van der Waals surface area contributed by atoms with Crippen molar-refractivity contribution in [1.29, 1.82) is 0 Å². The Kier molecular flexibility index (Phi) is 3.32. The molecule has 1 saturated carbocycles. The molecule has 0 radical (unpaired) electrons. The Balaban J connectivity index is 2.01. The normalized spacial score (nSPS) is 16.7. The van der Waals surface area contributed by atoms with Crippen molar-refractivity contribution in [1.82, 2.24) is 9.97 Å². The molecule has 19 heavy (non-hydrogen) atoms. The molecule has 3 nitrogen and oxygen atoms in total. The number of anilines is 1. The molecular formula is C15H18FN3. The van der Waals surface area contributed by atoms with Crippen molar-refractivity contribution in [3.05, 3.63) is 30.3 Å². The number of hydrogen-bond acceptors (Lipinski definition) is 3. The Bertz CT molecular complexity index is 579. The van der Waals surface area contributed by atoms with Gasteiger partial charge in [0.15, 0.2) is 0 Å². The third kappa shape index (κ3) is 2.39. The summed E-state index contributed by atoms with van der Waals surface area (Å²) >= 11 is 0. The minimum Gasteiger partial charge on any atom is -0.356 e. The van der Waals surface area contributed by atoms with Crippen molar-refractivity contribution in [3.63, 3.8) is 0 Å². The van der Waals surface area contributed by atoms with Crippen LogP contribution in [0.5, 0.6) is 0 Å². The van der Waals surface area contributed by atoms with Crippen LogP contribution in [0.3, 0.4) is 0 Å². The fourth-order valence-corrected chi connectivity index (χ4v) is 2.94. The second-order valence-electron chi connectivity index (χ2n) is 5.26. The number of rotatable bonds is 2. The number of nitrogens with zero attached hydrogens (tertiary/aromatic N) is 3. The van der Waals surface area contributed by atoms with E-state index in [2.05, 4.69) is 21.9 Å². The molecule has 0 bridgehead atoms. The summed E-state index contributed by atoms with van der Waals surface area (Å²) in [6, 6.07) is 5.20. The van der Waals surface area contributed by atoms with Gasteiger partial charge in [0.1, 0.15) is 18.0 Å². The highest BCUT2D eigenvalue weighted by molar-refractivity contribution is 5.89. The Hall–Kier alpha value is -1.71. The van der Waals surface area contributed by atoms with E-state index in [0.717, 1.165) is 16.7 Å². The predicted octanol–water partition coefficient (Wildman–Crippen LogP) is 3.54. The summed E-state index contributed by atoms with van der Waals surface area (Å²) in [4.78, 5) is 10.8. The molecule has 1 fully saturated rings. The van der Waals surface area contributed by atoms with Crippen LogP contribution in [0.15, 0.2) is 24.5 Å². The first-order valence-corrected chi connectivity index (χ1v) is 6.89. The summed E-state index contributed by atoms with van der Waals surface area (Å²) in [6.45, 7) is 0. The summed E-state index contributed by atoms with van der Waals surface area (Å²) in [6.07, 6.45) is 7.81. The zero-order chi connectivity index (χ0) is 13.2. The lowest BCUT2D eigenvalue weighted by atomic mass is 9.94. The molecule has 0 N–H and O–H groups in total. The standard InChI is InChI=1S/C15H18FN3/c1-19(12-5-3-2-4-6-12)15-13-9-11(16)7-8-14(13)17-10-18-15/h7-10,12H,2-6H2,1H3. The van der Waals surface area contributed by atoms with E-state index < -0.39 is 0 Å². The minimum absolute atomic E-state index is 0.236. The quantitative estimate of drug-likeness (QED) is 0.826. The third-order valence-electron chi connectivity index (χ3n) is 4.03. The molecule has 1 heterocycles. The van der Waals surface area contributed by atoms with Gasteiger partial charge in [0, 0.05) is 18.5 Å². The van der Waals surface area contributed by atoms with E-state index in [0.29, 0.717) is 6.04 Å². The van der Waals surface area contributed by atoms with Crippen molar-refractivity contribution in [2.24, 2.45) is 0 Å². The van der Waals surface area contributed by atoms with Gasteiger partial charge in [-0.2, -0.15) is 0 Å². The van der Waals surface area contributed by atoms with Gasteiger partial charge >= 0.3 is 0 Å². The van der Waals surface area contributed by atoms with Gasteiger partial charge in [-0.3, -0.25) is 0 Å². The van der Waals surface area contributed by atoms with Crippen LogP contribution in [0.2, 0.25) is 0 Å². The van der Waals surface area contributed by atoms with Crippen molar-refractivity contribution < 1.29 is 4.39 Å². The average Bonchev–Trinajstić information content (AvgIpc) is 2.47. The van der Waals surface area contributed by atoms with Crippen molar-refractivity contribution >= 4 is 16.7 Å². The highest BCUT2D eigenvalue weighted by Crippen LogP contribution is 2.29. The van der Waals surface area contributed by atoms with Crippen LogP contribution in [-0.2, 0) is 0 Å². The lowest BCUT2D eigenvalue weighted by Gasteiger charge is -2.32. The molecule has 2 aromatic rings. The molecule has 1 aliphatic rings. The molecular weight excluding hydrogens is 241 g/mol.